The van der Waals surface area contributed by atoms with Crippen molar-refractivity contribution in [3.8, 4) is 17.2 Å². The zero-order valence-corrected chi connectivity index (χ0v) is 45.4. The topological polar surface area (TPSA) is 198 Å². The van der Waals surface area contributed by atoms with Gasteiger partial charge in [0.1, 0.15) is 35.0 Å². The van der Waals surface area contributed by atoms with Gasteiger partial charge in [0.2, 0.25) is 20.0 Å². The maximum atomic E-state index is 13.9. The summed E-state index contributed by atoms with van der Waals surface area (Å²) in [7, 11) is -2.74. The molecule has 406 valence electrons. The number of hydrogen-bond acceptors (Lipinski definition) is 13. The summed E-state index contributed by atoms with van der Waals surface area (Å²) in [5.74, 6) is -0.594. The van der Waals surface area contributed by atoms with Crippen LogP contribution in [0.1, 0.15) is 73.5 Å². The van der Waals surface area contributed by atoms with Gasteiger partial charge in [-0.25, -0.2) is 25.6 Å². The molecule has 17 nitrogen and oxygen atoms in total. The van der Waals surface area contributed by atoms with Crippen LogP contribution in [0, 0.1) is 11.6 Å². The zero-order valence-electron chi connectivity index (χ0n) is 43.8. The fraction of sp³-hybridized carbons (Fsp3) is 0.321. The highest BCUT2D eigenvalue weighted by atomic mass is 32.2. The number of aromatic nitrogens is 2. The number of methoxy groups -OCH3 is 3. The van der Waals surface area contributed by atoms with Crippen molar-refractivity contribution in [2.75, 3.05) is 81.8 Å². The Kier molecular flexibility index (Phi) is 17.0. The minimum atomic E-state index is -3.73. The lowest BCUT2D eigenvalue weighted by Crippen LogP contribution is -2.31. The fourth-order valence-electron chi connectivity index (χ4n) is 9.77. The monoisotopic (exact) mass is 1090 g/mol. The molecule has 21 heteroatoms. The molecule has 0 atom stereocenters. The van der Waals surface area contributed by atoms with Crippen molar-refractivity contribution >= 4 is 65.0 Å². The molecule has 77 heavy (non-hydrogen) atoms. The summed E-state index contributed by atoms with van der Waals surface area (Å²) in [4.78, 5) is 39.3. The van der Waals surface area contributed by atoms with Crippen LogP contribution in [0.5, 0.6) is 17.2 Å². The van der Waals surface area contributed by atoms with Gasteiger partial charge < -0.3 is 33.9 Å². The van der Waals surface area contributed by atoms with E-state index in [4.69, 9.17) is 23.9 Å². The highest BCUT2D eigenvalue weighted by Crippen LogP contribution is 2.47. The van der Waals surface area contributed by atoms with Gasteiger partial charge >= 0.3 is 0 Å². The van der Waals surface area contributed by atoms with Crippen LogP contribution < -0.4 is 18.1 Å². The van der Waals surface area contributed by atoms with E-state index in [0.29, 0.717) is 95.0 Å². The highest BCUT2D eigenvalue weighted by molar-refractivity contribution is 7.92. The van der Waals surface area contributed by atoms with Crippen molar-refractivity contribution in [3.63, 3.8) is 0 Å². The molecule has 0 saturated carbocycles. The Labute approximate surface area is 446 Å². The molecular weight excluding hydrogens is 1030 g/mol. The van der Waals surface area contributed by atoms with Gasteiger partial charge in [0.25, 0.3) is 11.8 Å². The summed E-state index contributed by atoms with van der Waals surface area (Å²) in [5, 5.41) is 12.0. The first-order chi connectivity index (χ1) is 36.8. The molecule has 0 bridgehead atoms. The maximum Gasteiger partial charge on any atom is 0.258 e. The SMILES string of the molecule is CCN(c1c2c(c(O)c3ncc(Cc4ccc(F)cc4)cc13)C(=O)N(CCOC)C2)S(C)(=O)=O.CCN(c1c2c(c(OCc3ccc(OC)cc3)c3ncc(Cc4ccc(F)cc4)cc13)C(=O)N(CCOC)C2)S(C)(=O)=O. The second-order valence-electron chi connectivity index (χ2n) is 18.6. The number of phenols is 1. The number of aromatic hydroxyl groups is 1. The number of fused-ring (bicyclic) bond motifs is 4. The van der Waals surface area contributed by atoms with Crippen LogP contribution in [0.3, 0.4) is 0 Å². The van der Waals surface area contributed by atoms with E-state index in [1.54, 1.807) is 75.7 Å². The minimum absolute atomic E-state index is 0.0690. The molecule has 2 aromatic heterocycles. The lowest BCUT2D eigenvalue weighted by Gasteiger charge is -2.26. The molecule has 4 heterocycles. The number of halogens is 2. The first-order valence-electron chi connectivity index (χ1n) is 24.7. The molecule has 2 aliphatic rings. The zero-order chi connectivity index (χ0) is 55.3. The predicted molar refractivity (Wildman–Crippen MR) is 290 cm³/mol. The molecule has 0 radical (unpaired) electrons. The van der Waals surface area contributed by atoms with Crippen LogP contribution in [0.4, 0.5) is 20.2 Å². The van der Waals surface area contributed by atoms with E-state index >= 15 is 0 Å². The molecule has 1 N–H and O–H groups in total. The average Bonchev–Trinajstić information content (AvgIpc) is 4.02. The third-order valence-corrected chi connectivity index (χ3v) is 15.9. The summed E-state index contributed by atoms with van der Waals surface area (Å²) in [6, 6.07) is 23.3. The van der Waals surface area contributed by atoms with E-state index in [-0.39, 0.29) is 67.2 Å². The van der Waals surface area contributed by atoms with Crippen LogP contribution in [0.25, 0.3) is 21.8 Å². The second kappa shape index (κ2) is 23.4. The lowest BCUT2D eigenvalue weighted by molar-refractivity contribution is 0.0711. The van der Waals surface area contributed by atoms with Gasteiger partial charge in [-0.05, 0) is 103 Å². The Morgan fingerprint density at radius 1 is 0.610 bits per heavy atom. The van der Waals surface area contributed by atoms with E-state index in [9.17, 15) is 40.3 Å². The van der Waals surface area contributed by atoms with Crippen LogP contribution in [0.15, 0.2) is 97.3 Å². The minimum Gasteiger partial charge on any atom is -0.505 e. The van der Waals surface area contributed by atoms with Crippen LogP contribution >= 0.6 is 0 Å². The Morgan fingerprint density at radius 3 is 1.48 bits per heavy atom. The van der Waals surface area contributed by atoms with E-state index in [0.717, 1.165) is 40.3 Å². The van der Waals surface area contributed by atoms with Crippen molar-refractivity contribution in [2.24, 2.45) is 0 Å². The standard InChI is InChI=1S/C32H34FN3O6S.C24H26FN3O5S/c1-5-36(43(4,38)39)30-26-17-23(16-21-6-10-24(33)11-7-21)18-34-29(26)31(42-20-22-8-12-25(41-3)13-9-22)28-27(30)19-35(32(28)37)14-15-40-2;1-4-28(34(3,31)32)22-18-12-16(11-15-5-7-17(25)8-6-15)13-26-21(18)23(29)20-19(22)14-27(24(20)30)9-10-33-2/h6-13,17-18H,5,14-16,19-20H2,1-4H3;5-8,12-13,29H,4,9-11,14H2,1-3H3. The van der Waals surface area contributed by atoms with Crippen LogP contribution in [-0.2, 0) is 62.1 Å². The number of anilines is 2. The number of nitrogens with zero attached hydrogens (tertiary/aromatic N) is 6. The smallest absolute Gasteiger partial charge is 0.258 e. The van der Waals surface area contributed by atoms with E-state index < -0.39 is 26.0 Å². The Morgan fingerprint density at radius 2 is 1.04 bits per heavy atom. The van der Waals surface area contributed by atoms with Gasteiger partial charge in [-0.2, -0.15) is 0 Å². The number of hydrogen-bond donors (Lipinski definition) is 1. The number of benzene rings is 5. The summed E-state index contributed by atoms with van der Waals surface area (Å²) in [6.07, 6.45) is 6.40. The molecule has 0 aliphatic carbocycles. The molecule has 0 unspecified atom stereocenters. The van der Waals surface area contributed by atoms with Gasteiger partial charge in [0.15, 0.2) is 11.5 Å². The molecule has 0 fully saturated rings. The number of carbonyl (C=O) groups is 2. The van der Waals surface area contributed by atoms with Crippen molar-refractivity contribution in [1.82, 2.24) is 19.8 Å². The first-order valence-corrected chi connectivity index (χ1v) is 28.4. The number of carbonyl (C=O) groups excluding carboxylic acids is 2. The Hall–Kier alpha value is -7.46. The third kappa shape index (κ3) is 11.9. The van der Waals surface area contributed by atoms with Crippen LogP contribution in [0.2, 0.25) is 0 Å². The lowest BCUT2D eigenvalue weighted by atomic mass is 9.98. The van der Waals surface area contributed by atoms with Crippen molar-refractivity contribution < 1.29 is 59.3 Å². The van der Waals surface area contributed by atoms with Crippen molar-refractivity contribution in [3.05, 3.63) is 159 Å². The van der Waals surface area contributed by atoms with Crippen molar-refractivity contribution in [2.45, 2.75) is 46.4 Å². The summed E-state index contributed by atoms with van der Waals surface area (Å²) in [6.45, 7) is 5.49. The van der Waals surface area contributed by atoms with Crippen molar-refractivity contribution in [1.29, 1.82) is 0 Å². The summed E-state index contributed by atoms with van der Waals surface area (Å²) < 4.78 is 103. The second-order valence-corrected chi connectivity index (χ2v) is 22.4. The number of ether oxygens (including phenoxy) is 4. The fourth-order valence-corrected chi connectivity index (χ4v) is 11.8. The maximum absolute atomic E-state index is 13.9. The number of rotatable bonds is 20. The van der Waals surface area contributed by atoms with Gasteiger partial charge in [-0.1, -0.05) is 36.4 Å². The highest BCUT2D eigenvalue weighted by Gasteiger charge is 2.40. The number of amides is 2. The summed E-state index contributed by atoms with van der Waals surface area (Å²) >= 11 is 0. The molecule has 7 aromatic rings. The molecule has 2 amide bonds. The largest absolute Gasteiger partial charge is 0.505 e. The quantitative estimate of drug-likeness (QED) is 0.0771. The third-order valence-electron chi connectivity index (χ3n) is 13.4. The number of sulfonamides is 2. The van der Waals surface area contributed by atoms with Gasteiger partial charge in [0.05, 0.1) is 55.3 Å². The Bertz CT molecular complexity index is 3570. The van der Waals surface area contributed by atoms with E-state index in [1.165, 1.54) is 44.9 Å². The normalized spacial score (nSPS) is 13.2. The van der Waals surface area contributed by atoms with Crippen LogP contribution in [-0.4, -0.2) is 127 Å². The van der Waals surface area contributed by atoms with E-state index in [1.807, 2.05) is 30.3 Å². The number of phenolic OH excluding ortho intramolecular Hbond substituents is 1. The van der Waals surface area contributed by atoms with Gasteiger partial charge in [-0.3, -0.25) is 28.2 Å². The average molecular weight is 1100 g/mol. The number of pyridine rings is 2. The summed E-state index contributed by atoms with van der Waals surface area (Å²) in [5.41, 5.74) is 6.79. The van der Waals surface area contributed by atoms with Gasteiger partial charge in [0, 0.05) is 87.8 Å². The molecule has 0 spiro atoms. The molecular formula is C56H60F2N6O11S2. The molecule has 9 rings (SSSR count). The van der Waals surface area contributed by atoms with Gasteiger partial charge in [-0.15, -0.1) is 0 Å². The van der Waals surface area contributed by atoms with E-state index in [2.05, 4.69) is 4.98 Å². The predicted octanol–water partition coefficient (Wildman–Crippen LogP) is 8.00. The Balaban J connectivity index is 0.000000209. The molecule has 0 saturated heterocycles. The first kappa shape index (κ1) is 55.8. The molecule has 2 aliphatic heterocycles. The molecule has 5 aromatic carbocycles.